The number of nitrogen functional groups attached to an aromatic ring is 1. The average Bonchev–Trinajstić information content (AvgIpc) is 2.83. The maximum Gasteiger partial charge on any atom is 0.250 e. The molecule has 2 N–H and O–H groups in total. The number of nitrogens with zero attached hydrogens (tertiary/aromatic N) is 4. The summed E-state index contributed by atoms with van der Waals surface area (Å²) in [5.41, 5.74) is 7.85. The van der Waals surface area contributed by atoms with Gasteiger partial charge in [0.2, 0.25) is 0 Å². The Morgan fingerprint density at radius 2 is 1.83 bits per heavy atom. The highest BCUT2D eigenvalue weighted by atomic mass is 15.3. The number of rotatable bonds is 2. The fraction of sp³-hybridized carbons (Fsp3) is 0.462. The fourth-order valence-corrected chi connectivity index (χ4v) is 2.61. The van der Waals surface area contributed by atoms with E-state index in [-0.39, 0.29) is 0 Å². The molecule has 2 aromatic heterocycles. The second kappa shape index (κ2) is 4.76. The van der Waals surface area contributed by atoms with E-state index >= 15 is 0 Å². The van der Waals surface area contributed by atoms with E-state index in [1.165, 1.54) is 32.1 Å². The Morgan fingerprint density at radius 3 is 2.56 bits per heavy atom. The predicted octanol–water partition coefficient (Wildman–Crippen LogP) is 2.29. The van der Waals surface area contributed by atoms with Crippen molar-refractivity contribution in [2.75, 3.05) is 5.73 Å². The molecular weight excluding hydrogens is 226 g/mol. The lowest BCUT2D eigenvalue weighted by Gasteiger charge is -2.19. The molecule has 1 aliphatic rings. The molecule has 1 fully saturated rings. The molecule has 0 amide bonds. The van der Waals surface area contributed by atoms with Gasteiger partial charge in [-0.25, -0.2) is 14.6 Å². The smallest absolute Gasteiger partial charge is 0.250 e. The number of hydrogen-bond donors (Lipinski definition) is 1. The first-order valence-electron chi connectivity index (χ1n) is 6.47. The van der Waals surface area contributed by atoms with E-state index in [9.17, 15) is 0 Å². The molecule has 0 spiro atoms. The Balaban J connectivity index is 1.91. The maximum atomic E-state index is 6.07. The van der Waals surface area contributed by atoms with Gasteiger partial charge in [0.05, 0.1) is 17.6 Å². The highest BCUT2D eigenvalue weighted by Gasteiger charge is 2.21. The van der Waals surface area contributed by atoms with Gasteiger partial charge in [-0.3, -0.25) is 0 Å². The lowest BCUT2D eigenvalue weighted by Crippen LogP contribution is -2.08. The van der Waals surface area contributed by atoms with Crippen molar-refractivity contribution < 1.29 is 0 Å². The largest absolute Gasteiger partial charge is 0.396 e. The van der Waals surface area contributed by atoms with E-state index in [0.717, 1.165) is 11.4 Å². The summed E-state index contributed by atoms with van der Waals surface area (Å²) in [7, 11) is 0. The Kier molecular flexibility index (Phi) is 2.96. The van der Waals surface area contributed by atoms with E-state index in [2.05, 4.69) is 15.1 Å². The molecule has 1 aliphatic carbocycles. The van der Waals surface area contributed by atoms with E-state index < -0.39 is 0 Å². The van der Waals surface area contributed by atoms with Crippen LogP contribution in [0.5, 0.6) is 0 Å². The molecule has 0 saturated heterocycles. The summed E-state index contributed by atoms with van der Waals surface area (Å²) in [5.74, 6) is 1.08. The second-order valence-electron chi connectivity index (χ2n) is 4.80. The summed E-state index contributed by atoms with van der Waals surface area (Å²) < 4.78 is 1.68. The van der Waals surface area contributed by atoms with Crippen molar-refractivity contribution in [2.45, 2.75) is 38.0 Å². The summed E-state index contributed by atoms with van der Waals surface area (Å²) >= 11 is 0. The molecule has 2 heterocycles. The highest BCUT2D eigenvalue weighted by Crippen LogP contribution is 2.34. The zero-order valence-electron chi connectivity index (χ0n) is 10.3. The van der Waals surface area contributed by atoms with Gasteiger partial charge in [0.25, 0.3) is 5.95 Å². The van der Waals surface area contributed by atoms with Crippen LogP contribution >= 0.6 is 0 Å². The summed E-state index contributed by atoms with van der Waals surface area (Å²) in [4.78, 5) is 8.36. The van der Waals surface area contributed by atoms with Gasteiger partial charge in [-0.05, 0) is 18.9 Å². The van der Waals surface area contributed by atoms with Crippen molar-refractivity contribution in [1.82, 2.24) is 19.7 Å². The zero-order valence-corrected chi connectivity index (χ0v) is 10.3. The maximum absolute atomic E-state index is 6.07. The molecule has 0 aromatic carbocycles. The van der Waals surface area contributed by atoms with Crippen molar-refractivity contribution >= 4 is 5.69 Å². The first-order valence-corrected chi connectivity index (χ1v) is 6.47. The first-order chi connectivity index (χ1) is 8.84. The van der Waals surface area contributed by atoms with Crippen molar-refractivity contribution in [3.05, 3.63) is 30.4 Å². The third kappa shape index (κ3) is 2.08. The highest BCUT2D eigenvalue weighted by molar-refractivity contribution is 5.44. The standard InChI is InChI=1S/C13H17N5/c14-11-9-18(13-15-7-4-8-16-13)17-12(11)10-5-2-1-3-6-10/h4,7-10H,1-3,5-6,14H2. The molecule has 0 atom stereocenters. The van der Waals surface area contributed by atoms with Gasteiger partial charge in [-0.1, -0.05) is 19.3 Å². The van der Waals surface area contributed by atoms with Crippen LogP contribution in [0.2, 0.25) is 0 Å². The van der Waals surface area contributed by atoms with E-state index in [0.29, 0.717) is 11.9 Å². The minimum atomic E-state index is 0.503. The third-order valence-corrected chi connectivity index (χ3v) is 3.52. The molecule has 0 radical (unpaired) electrons. The molecule has 18 heavy (non-hydrogen) atoms. The van der Waals surface area contributed by atoms with E-state index in [1.807, 2.05) is 6.20 Å². The average molecular weight is 243 g/mol. The molecular formula is C13H17N5. The molecule has 0 bridgehead atoms. The third-order valence-electron chi connectivity index (χ3n) is 3.52. The number of nitrogens with two attached hydrogens (primary N) is 1. The van der Waals surface area contributed by atoms with Crippen molar-refractivity contribution in [2.24, 2.45) is 0 Å². The predicted molar refractivity (Wildman–Crippen MR) is 69.4 cm³/mol. The van der Waals surface area contributed by atoms with Crippen LogP contribution in [-0.4, -0.2) is 19.7 Å². The molecule has 5 heteroatoms. The summed E-state index contributed by atoms with van der Waals surface area (Å²) in [6.07, 6.45) is 11.5. The van der Waals surface area contributed by atoms with Crippen LogP contribution in [0.25, 0.3) is 5.95 Å². The van der Waals surface area contributed by atoms with Gasteiger partial charge in [0, 0.05) is 18.3 Å². The van der Waals surface area contributed by atoms with Crippen LogP contribution in [0.3, 0.4) is 0 Å². The first kappa shape index (κ1) is 11.2. The monoisotopic (exact) mass is 243 g/mol. The SMILES string of the molecule is Nc1cn(-c2ncccn2)nc1C1CCCCC1. The van der Waals surface area contributed by atoms with Crippen LogP contribution in [0, 0.1) is 0 Å². The minimum absolute atomic E-state index is 0.503. The lowest BCUT2D eigenvalue weighted by molar-refractivity contribution is 0.435. The van der Waals surface area contributed by atoms with Gasteiger partial charge in [0.1, 0.15) is 0 Å². The van der Waals surface area contributed by atoms with Gasteiger partial charge < -0.3 is 5.73 Å². The van der Waals surface area contributed by atoms with Gasteiger partial charge in [-0.2, -0.15) is 5.10 Å². The minimum Gasteiger partial charge on any atom is -0.396 e. The molecule has 3 rings (SSSR count). The normalized spacial score (nSPS) is 16.9. The van der Waals surface area contributed by atoms with Crippen LogP contribution in [0.4, 0.5) is 5.69 Å². The summed E-state index contributed by atoms with van der Waals surface area (Å²) in [5, 5.41) is 4.57. The molecule has 5 nitrogen and oxygen atoms in total. The Labute approximate surface area is 106 Å². The molecule has 1 saturated carbocycles. The quantitative estimate of drug-likeness (QED) is 0.878. The molecule has 94 valence electrons. The molecule has 0 unspecified atom stereocenters. The summed E-state index contributed by atoms with van der Waals surface area (Å²) in [6.45, 7) is 0. The van der Waals surface area contributed by atoms with Crippen LogP contribution in [0.15, 0.2) is 24.7 Å². The van der Waals surface area contributed by atoms with Crippen LogP contribution in [0.1, 0.15) is 43.7 Å². The topological polar surface area (TPSA) is 69.6 Å². The van der Waals surface area contributed by atoms with Gasteiger partial charge in [-0.15, -0.1) is 0 Å². The Morgan fingerprint density at radius 1 is 1.11 bits per heavy atom. The Hall–Kier alpha value is -1.91. The van der Waals surface area contributed by atoms with Gasteiger partial charge >= 0.3 is 0 Å². The van der Waals surface area contributed by atoms with E-state index in [1.54, 1.807) is 23.1 Å². The number of hydrogen-bond acceptors (Lipinski definition) is 4. The van der Waals surface area contributed by atoms with Crippen LogP contribution in [-0.2, 0) is 0 Å². The van der Waals surface area contributed by atoms with E-state index in [4.69, 9.17) is 5.73 Å². The number of aromatic nitrogens is 4. The fourth-order valence-electron chi connectivity index (χ4n) is 2.61. The summed E-state index contributed by atoms with van der Waals surface area (Å²) in [6, 6.07) is 1.79. The number of anilines is 1. The molecule has 0 aliphatic heterocycles. The lowest BCUT2D eigenvalue weighted by atomic mass is 9.86. The second-order valence-corrected chi connectivity index (χ2v) is 4.80. The van der Waals surface area contributed by atoms with Crippen molar-refractivity contribution in [3.8, 4) is 5.95 Å². The molecule has 2 aromatic rings. The zero-order chi connectivity index (χ0) is 12.4. The van der Waals surface area contributed by atoms with Gasteiger partial charge in [0.15, 0.2) is 0 Å². The Bertz CT molecular complexity index is 513. The van der Waals surface area contributed by atoms with Crippen molar-refractivity contribution in [3.63, 3.8) is 0 Å². The van der Waals surface area contributed by atoms with Crippen molar-refractivity contribution in [1.29, 1.82) is 0 Å². The van der Waals surface area contributed by atoms with Crippen LogP contribution < -0.4 is 5.73 Å².